The van der Waals surface area contributed by atoms with Gasteiger partial charge in [0.1, 0.15) is 0 Å². The molecule has 0 aliphatic carbocycles. The summed E-state index contributed by atoms with van der Waals surface area (Å²) in [5, 5.41) is 0. The van der Waals surface area contributed by atoms with E-state index in [2.05, 4.69) is 49.0 Å². The third-order valence-electron chi connectivity index (χ3n) is 9.09. The van der Waals surface area contributed by atoms with Crippen LogP contribution < -0.4 is 38.9 Å². The maximum Gasteiger partial charge on any atom is 0.258 e. The summed E-state index contributed by atoms with van der Waals surface area (Å²) in [6.07, 6.45) is 5.38. The van der Waals surface area contributed by atoms with Crippen LogP contribution in [0.4, 0.5) is 5.69 Å². The summed E-state index contributed by atoms with van der Waals surface area (Å²) >= 11 is 0. The van der Waals surface area contributed by atoms with Crippen molar-refractivity contribution in [2.24, 2.45) is 0 Å². The summed E-state index contributed by atoms with van der Waals surface area (Å²) in [5.74, 6) is 0.254. The van der Waals surface area contributed by atoms with Gasteiger partial charge in [0.25, 0.3) is 11.8 Å². The number of hydrogen-bond donors (Lipinski definition) is 0. The molecule has 0 atom stereocenters. The highest BCUT2D eigenvalue weighted by molar-refractivity contribution is 6.06. The molecule has 0 N–H and O–H groups in total. The van der Waals surface area contributed by atoms with E-state index in [0.717, 1.165) is 104 Å². The van der Waals surface area contributed by atoms with Crippen LogP contribution in [-0.4, -0.2) is 99.7 Å². The van der Waals surface area contributed by atoms with Crippen LogP contribution in [0, 0.1) is 13.8 Å². The fourth-order valence-corrected chi connectivity index (χ4v) is 5.39. The van der Waals surface area contributed by atoms with Gasteiger partial charge in [0.2, 0.25) is 0 Å². The number of hydrogen-bond acceptors (Lipinski definition) is 2. The van der Waals surface area contributed by atoms with Crippen LogP contribution in [0.1, 0.15) is 84.7 Å². The maximum atomic E-state index is 13.1. The number of amides is 2. The first kappa shape index (κ1) is 46.5. The van der Waals surface area contributed by atoms with Gasteiger partial charge in [-0.3, -0.25) is 9.59 Å². The predicted molar refractivity (Wildman–Crippen MR) is 200 cm³/mol. The lowest BCUT2D eigenvalue weighted by Gasteiger charge is -2.32. The number of para-hydroxylation sites is 1. The van der Waals surface area contributed by atoms with Crippen molar-refractivity contribution in [1.82, 2.24) is 4.90 Å². The number of benzene rings is 3. The molecule has 49 heavy (non-hydrogen) atoms. The van der Waals surface area contributed by atoms with E-state index in [1.807, 2.05) is 103 Å². The van der Waals surface area contributed by atoms with E-state index >= 15 is 0 Å². The number of quaternary nitrogens is 2. The van der Waals surface area contributed by atoms with Crippen molar-refractivity contribution < 1.29 is 52.5 Å². The Morgan fingerprint density at radius 2 is 1.06 bits per heavy atom. The zero-order chi connectivity index (χ0) is 34.9. The first-order chi connectivity index (χ1) is 22.3. The summed E-state index contributed by atoms with van der Waals surface area (Å²) in [5.41, 5.74) is 4.89. The Labute approximate surface area is 320 Å². The van der Waals surface area contributed by atoms with Crippen molar-refractivity contribution in [3.8, 4) is 0 Å². The van der Waals surface area contributed by atoms with E-state index in [0.29, 0.717) is 0 Å². The van der Waals surface area contributed by atoms with Crippen molar-refractivity contribution in [2.75, 3.05) is 78.9 Å². The van der Waals surface area contributed by atoms with Gasteiger partial charge >= 0.3 is 0 Å². The van der Waals surface area contributed by atoms with E-state index < -0.39 is 0 Å². The highest BCUT2D eigenvalue weighted by atomic mass is 79.9. The Balaban J connectivity index is 0.000000923. The molecular weight excluding hydrogens is 740 g/mol. The lowest BCUT2D eigenvalue weighted by molar-refractivity contribution is -0.906. The number of unbranched alkanes of at least 4 members (excludes halogenated alkanes) is 2. The summed E-state index contributed by atoms with van der Waals surface area (Å²) in [4.78, 5) is 29.7. The van der Waals surface area contributed by atoms with Crippen molar-refractivity contribution in [3.63, 3.8) is 0 Å². The van der Waals surface area contributed by atoms with Crippen molar-refractivity contribution in [3.05, 3.63) is 101 Å². The van der Waals surface area contributed by atoms with Crippen LogP contribution in [0.2, 0.25) is 0 Å². The van der Waals surface area contributed by atoms with Gasteiger partial charge in [-0.05, 0) is 83.4 Å². The number of carbonyl (C=O) groups is 2. The number of halogens is 2. The third kappa shape index (κ3) is 17.3. The average Bonchev–Trinajstić information content (AvgIpc) is 3.06. The monoisotopic (exact) mass is 802 g/mol. The van der Waals surface area contributed by atoms with E-state index in [-0.39, 0.29) is 45.8 Å². The van der Waals surface area contributed by atoms with Crippen LogP contribution in [0.3, 0.4) is 0 Å². The number of carbonyl (C=O) groups excluding carboxylic acids is 2. The fraction of sp³-hybridized carbons (Fsp3) is 0.512. The molecule has 3 aromatic carbocycles. The quantitative estimate of drug-likeness (QED) is 0.156. The molecule has 0 heterocycles. The topological polar surface area (TPSA) is 40.6 Å². The van der Waals surface area contributed by atoms with Gasteiger partial charge in [0, 0.05) is 42.9 Å². The van der Waals surface area contributed by atoms with Crippen molar-refractivity contribution in [2.45, 2.75) is 66.7 Å². The van der Waals surface area contributed by atoms with Crippen LogP contribution in [-0.2, 0) is 0 Å². The minimum absolute atomic E-state index is 0. The molecular formula is C41H64Br2N4O2. The Morgan fingerprint density at radius 1 is 0.571 bits per heavy atom. The van der Waals surface area contributed by atoms with Crippen LogP contribution in [0.15, 0.2) is 78.9 Å². The number of nitrogens with zero attached hydrogens (tertiary/aromatic N) is 4. The van der Waals surface area contributed by atoms with Gasteiger partial charge in [0.15, 0.2) is 0 Å². The second-order valence-electron chi connectivity index (χ2n) is 14.2. The number of rotatable bonds is 17. The Hall–Kier alpha value is -2.52. The fourth-order valence-electron chi connectivity index (χ4n) is 5.39. The molecule has 0 aliphatic heterocycles. The number of anilines is 1. The lowest BCUT2D eigenvalue weighted by atomic mass is 10.1. The second-order valence-corrected chi connectivity index (χ2v) is 14.2. The van der Waals surface area contributed by atoms with Gasteiger partial charge in [0.05, 0.1) is 54.4 Å². The molecule has 2 amide bonds. The molecule has 0 saturated heterocycles. The highest BCUT2D eigenvalue weighted by Crippen LogP contribution is 2.19. The summed E-state index contributed by atoms with van der Waals surface area (Å²) in [7, 11) is 8.89. The molecule has 6 nitrogen and oxygen atoms in total. The molecule has 3 rings (SSSR count). The summed E-state index contributed by atoms with van der Waals surface area (Å²) in [6, 6.07) is 25.8. The first-order valence-corrected chi connectivity index (χ1v) is 17.8. The van der Waals surface area contributed by atoms with E-state index in [4.69, 9.17) is 0 Å². The van der Waals surface area contributed by atoms with Gasteiger partial charge in [-0.15, -0.1) is 0 Å². The van der Waals surface area contributed by atoms with Gasteiger partial charge in [-0.25, -0.2) is 0 Å². The second kappa shape index (κ2) is 23.8. The Bertz CT molecular complexity index is 1320. The van der Waals surface area contributed by atoms with Crippen LogP contribution in [0.5, 0.6) is 0 Å². The molecule has 274 valence electrons. The zero-order valence-corrected chi connectivity index (χ0v) is 35.0. The van der Waals surface area contributed by atoms with Gasteiger partial charge < -0.3 is 52.7 Å². The zero-order valence-electron chi connectivity index (χ0n) is 31.9. The van der Waals surface area contributed by atoms with Crippen LogP contribution in [0.25, 0.3) is 0 Å². The maximum absolute atomic E-state index is 13.1. The normalized spacial score (nSPS) is 11.0. The molecule has 0 spiro atoms. The summed E-state index contributed by atoms with van der Waals surface area (Å²) < 4.78 is 2.04. The standard InChI is InChI=1S/C23H33N2O.C18H31N2O.2BrH/c1-5-25(4,6-2)19-11-10-18-24(22-12-8-7-9-13-22)23(26)21-16-14-20(3)15-17-21;1-6-7-13-19(14-8-15-20(3,4)5)18(21)17-11-9-16(2)10-12-17;;/h7-9,12-17H,5-6,10-11,18-19H2,1-4H3;9-12H,6-8,13-15H2,1-5H3;2*1H/q2*+1;;/p-2. The smallest absolute Gasteiger partial charge is 0.258 e. The van der Waals surface area contributed by atoms with Crippen molar-refractivity contribution >= 4 is 17.5 Å². The van der Waals surface area contributed by atoms with E-state index in [9.17, 15) is 9.59 Å². The minimum atomic E-state index is 0. The molecule has 0 unspecified atom stereocenters. The molecule has 0 fully saturated rings. The largest absolute Gasteiger partial charge is 1.00 e. The SMILES string of the molecule is CCCCN(CCC[N+](C)(C)C)C(=O)c1ccc(C)cc1.CC[N+](C)(CC)CCCCN(C(=O)c1ccc(C)cc1)c1ccccc1.[Br-].[Br-]. The molecule has 0 saturated carbocycles. The van der Waals surface area contributed by atoms with E-state index in [1.165, 1.54) is 11.1 Å². The molecule has 3 aromatic rings. The Morgan fingerprint density at radius 3 is 1.53 bits per heavy atom. The van der Waals surface area contributed by atoms with E-state index in [1.54, 1.807) is 0 Å². The van der Waals surface area contributed by atoms with Gasteiger partial charge in [-0.1, -0.05) is 66.9 Å². The number of aryl methyl sites for hydroxylation is 2. The lowest BCUT2D eigenvalue weighted by Crippen LogP contribution is -3.00. The van der Waals surface area contributed by atoms with Crippen LogP contribution >= 0.6 is 0 Å². The molecule has 0 aliphatic rings. The highest BCUT2D eigenvalue weighted by Gasteiger charge is 2.20. The predicted octanol–water partition coefficient (Wildman–Crippen LogP) is 2.25. The van der Waals surface area contributed by atoms with Gasteiger partial charge in [-0.2, -0.15) is 0 Å². The minimum Gasteiger partial charge on any atom is -1.00 e. The van der Waals surface area contributed by atoms with Crippen molar-refractivity contribution in [1.29, 1.82) is 0 Å². The third-order valence-corrected chi connectivity index (χ3v) is 9.09. The Kier molecular flexibility index (Phi) is 22.6. The molecule has 0 aromatic heterocycles. The summed E-state index contributed by atoms with van der Waals surface area (Å²) in [6.45, 7) is 17.8. The molecule has 0 bridgehead atoms. The molecule has 8 heteroatoms. The molecule has 0 radical (unpaired) electrons. The average molecular weight is 805 g/mol. The first-order valence-electron chi connectivity index (χ1n) is 17.8.